The van der Waals surface area contributed by atoms with Crippen molar-refractivity contribution < 1.29 is 13.6 Å². The summed E-state index contributed by atoms with van der Waals surface area (Å²) in [6, 6.07) is 11.5. The first-order chi connectivity index (χ1) is 13.4. The topological polar surface area (TPSA) is 58.4 Å². The standard InChI is InChI=1S/C19H21F2NS.C2H6N2O/c1-12-6-9-15(19(20)21)18(10-12)23-11-16-14(13-7-8-13)4-3-5-17(16)22-2;1-4(3)2-5/h3-6,9-10,13,19,22H,7-8,11H2,1-2H3;2H,3H2,1H3. The van der Waals surface area contributed by atoms with Gasteiger partial charge in [0.25, 0.3) is 6.43 Å². The third-order valence-electron chi connectivity index (χ3n) is 4.44. The lowest BCUT2D eigenvalue weighted by atomic mass is 10.0. The Morgan fingerprint density at radius 1 is 1.32 bits per heavy atom. The molecule has 1 amide bonds. The van der Waals surface area contributed by atoms with Gasteiger partial charge in [0.2, 0.25) is 6.41 Å². The van der Waals surface area contributed by atoms with Crippen LogP contribution < -0.4 is 11.2 Å². The predicted octanol–water partition coefficient (Wildman–Crippen LogP) is 5.09. The number of rotatable bonds is 7. The van der Waals surface area contributed by atoms with Crippen molar-refractivity contribution in [3.63, 3.8) is 0 Å². The summed E-state index contributed by atoms with van der Waals surface area (Å²) in [5, 5.41) is 4.19. The van der Waals surface area contributed by atoms with Crippen LogP contribution in [0, 0.1) is 6.92 Å². The van der Waals surface area contributed by atoms with E-state index in [0.29, 0.717) is 23.0 Å². The van der Waals surface area contributed by atoms with Crippen molar-refractivity contribution in [3.05, 3.63) is 58.7 Å². The third kappa shape index (κ3) is 6.21. The number of carbonyl (C=O) groups excluding carboxylic acids is 1. The molecule has 3 N–H and O–H groups in total. The van der Waals surface area contributed by atoms with Gasteiger partial charge in [0, 0.05) is 36.0 Å². The van der Waals surface area contributed by atoms with Crippen LogP contribution >= 0.6 is 11.8 Å². The Hall–Kier alpha value is -2.12. The van der Waals surface area contributed by atoms with Crippen molar-refractivity contribution in [2.45, 2.75) is 42.8 Å². The van der Waals surface area contributed by atoms with Crippen molar-refractivity contribution in [2.24, 2.45) is 5.84 Å². The van der Waals surface area contributed by atoms with Crippen LogP contribution in [0.25, 0.3) is 0 Å². The minimum atomic E-state index is -2.43. The fraction of sp³-hybridized carbons (Fsp3) is 0.381. The molecular formula is C21H27F2N3OS. The monoisotopic (exact) mass is 407 g/mol. The molecule has 1 aliphatic carbocycles. The maximum absolute atomic E-state index is 13.2. The van der Waals surface area contributed by atoms with Gasteiger partial charge in [-0.3, -0.25) is 9.80 Å². The molecule has 0 unspecified atom stereocenters. The second kappa shape index (κ2) is 10.4. The van der Waals surface area contributed by atoms with Gasteiger partial charge in [-0.25, -0.2) is 14.6 Å². The quantitative estimate of drug-likeness (QED) is 0.221. The van der Waals surface area contributed by atoms with Gasteiger partial charge < -0.3 is 5.32 Å². The number of amides is 1. The first-order valence-electron chi connectivity index (χ1n) is 9.11. The van der Waals surface area contributed by atoms with E-state index in [1.165, 1.54) is 42.8 Å². The smallest absolute Gasteiger partial charge is 0.264 e. The minimum Gasteiger partial charge on any atom is -0.388 e. The van der Waals surface area contributed by atoms with E-state index >= 15 is 0 Å². The van der Waals surface area contributed by atoms with Crippen molar-refractivity contribution in [1.29, 1.82) is 0 Å². The summed E-state index contributed by atoms with van der Waals surface area (Å²) in [6.45, 7) is 1.94. The van der Waals surface area contributed by atoms with Crippen LogP contribution in [0.1, 0.15) is 47.4 Å². The van der Waals surface area contributed by atoms with E-state index in [1.807, 2.05) is 20.0 Å². The summed E-state index contributed by atoms with van der Waals surface area (Å²) in [6.07, 6.45) is 0.565. The Morgan fingerprint density at radius 2 is 2.00 bits per heavy atom. The lowest BCUT2D eigenvalue weighted by Gasteiger charge is -2.15. The SMILES string of the molecule is CN(N)C=O.CNc1cccc(C2CC2)c1CSc1cc(C)ccc1C(F)F. The number of nitrogens with zero attached hydrogens (tertiary/aromatic N) is 1. The van der Waals surface area contributed by atoms with E-state index in [4.69, 9.17) is 5.84 Å². The molecule has 7 heteroatoms. The second-order valence-electron chi connectivity index (χ2n) is 6.80. The van der Waals surface area contributed by atoms with Crippen LogP contribution in [-0.4, -0.2) is 25.5 Å². The molecule has 0 spiro atoms. The third-order valence-corrected chi connectivity index (χ3v) is 5.54. The van der Waals surface area contributed by atoms with Crippen molar-refractivity contribution >= 4 is 23.9 Å². The Bertz CT molecular complexity index is 795. The Morgan fingerprint density at radius 3 is 2.54 bits per heavy atom. The molecule has 0 heterocycles. The van der Waals surface area contributed by atoms with Gasteiger partial charge in [-0.15, -0.1) is 11.8 Å². The molecule has 0 bridgehead atoms. The van der Waals surface area contributed by atoms with Gasteiger partial charge in [-0.2, -0.15) is 0 Å². The molecule has 0 aromatic heterocycles. The van der Waals surface area contributed by atoms with Crippen LogP contribution in [0.15, 0.2) is 41.3 Å². The van der Waals surface area contributed by atoms with Gasteiger partial charge in [-0.1, -0.05) is 24.3 Å². The Kier molecular flexibility index (Phi) is 8.26. The van der Waals surface area contributed by atoms with Gasteiger partial charge in [0.15, 0.2) is 0 Å². The van der Waals surface area contributed by atoms with Crippen molar-refractivity contribution in [1.82, 2.24) is 5.01 Å². The number of halogens is 2. The fourth-order valence-electron chi connectivity index (χ4n) is 2.87. The molecule has 0 saturated heterocycles. The molecule has 0 atom stereocenters. The van der Waals surface area contributed by atoms with Crippen LogP contribution in [0.2, 0.25) is 0 Å². The summed E-state index contributed by atoms with van der Waals surface area (Å²) in [5.74, 6) is 6.12. The van der Waals surface area contributed by atoms with Crippen LogP contribution in [0.5, 0.6) is 0 Å². The van der Waals surface area contributed by atoms with Crippen molar-refractivity contribution in [2.75, 3.05) is 19.4 Å². The highest BCUT2D eigenvalue weighted by Gasteiger charge is 2.27. The van der Waals surface area contributed by atoms with Crippen LogP contribution in [0.3, 0.4) is 0 Å². The number of hydrogen-bond acceptors (Lipinski definition) is 4. The zero-order chi connectivity index (χ0) is 20.7. The van der Waals surface area contributed by atoms with Gasteiger partial charge in [0.05, 0.1) is 0 Å². The van der Waals surface area contributed by atoms with E-state index in [2.05, 4.69) is 23.5 Å². The number of carbonyl (C=O) groups is 1. The summed E-state index contributed by atoms with van der Waals surface area (Å²) in [4.78, 5) is 9.99. The van der Waals surface area contributed by atoms with Crippen LogP contribution in [0.4, 0.5) is 14.5 Å². The van der Waals surface area contributed by atoms with Gasteiger partial charge >= 0.3 is 0 Å². The van der Waals surface area contributed by atoms with Gasteiger partial charge in [-0.05, 0) is 54.5 Å². The maximum atomic E-state index is 13.2. The second-order valence-corrected chi connectivity index (χ2v) is 7.82. The lowest BCUT2D eigenvalue weighted by molar-refractivity contribution is -0.117. The zero-order valence-corrected chi connectivity index (χ0v) is 17.2. The first kappa shape index (κ1) is 22.2. The molecular weight excluding hydrogens is 380 g/mol. The van der Waals surface area contributed by atoms with Crippen molar-refractivity contribution in [3.8, 4) is 0 Å². The number of thioether (sulfide) groups is 1. The normalized spacial score (nSPS) is 13.0. The number of benzene rings is 2. The number of nitrogens with one attached hydrogen (secondary N) is 1. The van der Waals surface area contributed by atoms with E-state index in [-0.39, 0.29) is 5.56 Å². The zero-order valence-electron chi connectivity index (χ0n) is 16.4. The molecule has 0 aliphatic heterocycles. The van der Waals surface area contributed by atoms with E-state index in [9.17, 15) is 13.6 Å². The molecule has 3 rings (SSSR count). The van der Waals surface area contributed by atoms with E-state index < -0.39 is 6.43 Å². The molecule has 1 aliphatic rings. The van der Waals surface area contributed by atoms with E-state index in [0.717, 1.165) is 16.3 Å². The molecule has 2 aromatic carbocycles. The lowest BCUT2D eigenvalue weighted by Crippen LogP contribution is -2.23. The molecule has 0 radical (unpaired) electrons. The first-order valence-corrected chi connectivity index (χ1v) is 10.1. The number of hydrogen-bond donors (Lipinski definition) is 2. The summed E-state index contributed by atoms with van der Waals surface area (Å²) in [7, 11) is 3.38. The molecule has 2 aromatic rings. The average Bonchev–Trinajstić information content (AvgIpc) is 3.51. The van der Waals surface area contributed by atoms with Gasteiger partial charge in [0.1, 0.15) is 0 Å². The number of alkyl halides is 2. The molecule has 28 heavy (non-hydrogen) atoms. The number of aryl methyl sites for hydroxylation is 1. The Labute approximate surface area is 169 Å². The summed E-state index contributed by atoms with van der Waals surface area (Å²) in [5.41, 5.74) is 4.88. The average molecular weight is 408 g/mol. The number of anilines is 1. The number of nitrogens with two attached hydrogens (primary N) is 1. The summed E-state index contributed by atoms with van der Waals surface area (Å²) >= 11 is 1.51. The number of hydrazine groups is 1. The molecule has 1 fully saturated rings. The molecule has 4 nitrogen and oxygen atoms in total. The highest BCUT2D eigenvalue weighted by atomic mass is 32.2. The van der Waals surface area contributed by atoms with Crippen LogP contribution in [-0.2, 0) is 10.5 Å². The molecule has 152 valence electrons. The Balaban J connectivity index is 0.000000500. The maximum Gasteiger partial charge on any atom is 0.264 e. The fourth-order valence-corrected chi connectivity index (χ4v) is 4.09. The highest BCUT2D eigenvalue weighted by molar-refractivity contribution is 7.98. The minimum absolute atomic E-state index is 0.135. The molecule has 1 saturated carbocycles. The van der Waals surface area contributed by atoms with E-state index in [1.54, 1.807) is 12.1 Å². The highest BCUT2D eigenvalue weighted by Crippen LogP contribution is 2.45. The predicted molar refractivity (Wildman–Crippen MR) is 112 cm³/mol. The summed E-state index contributed by atoms with van der Waals surface area (Å²) < 4.78 is 26.4. The largest absolute Gasteiger partial charge is 0.388 e.